The molecule has 0 aromatic rings. The van der Waals surface area contributed by atoms with Crippen molar-refractivity contribution in [1.82, 2.24) is 0 Å². The van der Waals surface area contributed by atoms with Gasteiger partial charge in [0.25, 0.3) is 0 Å². The molecule has 3 nitrogen and oxygen atoms in total. The number of hydrogen-bond donors (Lipinski definition) is 1. The van der Waals surface area contributed by atoms with Crippen molar-refractivity contribution in [1.29, 1.82) is 0 Å². The Kier molecular flexibility index (Phi) is 4.02. The lowest BCUT2D eigenvalue weighted by atomic mass is 9.75. The first-order valence-corrected chi connectivity index (χ1v) is 5.46. The number of hydrogen-bond acceptors (Lipinski definition) is 2. The fourth-order valence-electron chi connectivity index (χ4n) is 2.35. The summed E-state index contributed by atoms with van der Waals surface area (Å²) >= 11 is 0. The Hall–Kier alpha value is -1.17. The van der Waals surface area contributed by atoms with Crippen LogP contribution in [0.3, 0.4) is 0 Å². The van der Waals surface area contributed by atoms with E-state index in [0.29, 0.717) is 11.8 Å². The SMILES string of the molecule is C#CC1CCC(C(C)C)[C@H](OC(N)=O)C1. The summed E-state index contributed by atoms with van der Waals surface area (Å²) in [5, 5.41) is 0. The predicted molar refractivity (Wildman–Crippen MR) is 59.0 cm³/mol. The largest absolute Gasteiger partial charge is 0.446 e. The molecule has 0 bridgehead atoms. The van der Waals surface area contributed by atoms with Gasteiger partial charge in [-0.15, -0.1) is 12.3 Å². The average Bonchev–Trinajstić information content (AvgIpc) is 2.16. The zero-order chi connectivity index (χ0) is 11.4. The predicted octanol–water partition coefficient (Wildman–Crippen LogP) is 2.16. The highest BCUT2D eigenvalue weighted by Crippen LogP contribution is 2.35. The summed E-state index contributed by atoms with van der Waals surface area (Å²) in [7, 11) is 0. The number of rotatable bonds is 2. The molecule has 0 aliphatic heterocycles. The van der Waals surface area contributed by atoms with Gasteiger partial charge in [0, 0.05) is 5.92 Å². The summed E-state index contributed by atoms with van der Waals surface area (Å²) in [6.45, 7) is 4.27. The van der Waals surface area contributed by atoms with Crippen LogP contribution in [0.1, 0.15) is 33.1 Å². The van der Waals surface area contributed by atoms with Gasteiger partial charge >= 0.3 is 6.09 Å². The van der Waals surface area contributed by atoms with Gasteiger partial charge in [-0.1, -0.05) is 13.8 Å². The van der Waals surface area contributed by atoms with Crippen LogP contribution in [0.2, 0.25) is 0 Å². The van der Waals surface area contributed by atoms with Crippen LogP contribution < -0.4 is 5.73 Å². The van der Waals surface area contributed by atoms with Crippen LogP contribution in [0.5, 0.6) is 0 Å². The molecule has 2 unspecified atom stereocenters. The number of nitrogens with two attached hydrogens (primary N) is 1. The second-order valence-electron chi connectivity index (χ2n) is 4.56. The van der Waals surface area contributed by atoms with Crippen molar-refractivity contribution in [3.05, 3.63) is 0 Å². The van der Waals surface area contributed by atoms with Crippen LogP contribution in [0.15, 0.2) is 0 Å². The second-order valence-corrected chi connectivity index (χ2v) is 4.56. The van der Waals surface area contributed by atoms with Gasteiger partial charge in [0.2, 0.25) is 0 Å². The van der Waals surface area contributed by atoms with E-state index in [0.717, 1.165) is 19.3 Å². The van der Waals surface area contributed by atoms with Crippen LogP contribution in [-0.4, -0.2) is 12.2 Å². The number of carbonyl (C=O) groups is 1. The molecule has 0 heterocycles. The summed E-state index contributed by atoms with van der Waals surface area (Å²) < 4.78 is 5.14. The van der Waals surface area contributed by atoms with Gasteiger partial charge in [-0.25, -0.2) is 4.79 Å². The van der Waals surface area contributed by atoms with Gasteiger partial charge < -0.3 is 10.5 Å². The van der Waals surface area contributed by atoms with E-state index in [1.807, 2.05) is 0 Å². The fraction of sp³-hybridized carbons (Fsp3) is 0.750. The number of ether oxygens (including phenoxy) is 1. The minimum Gasteiger partial charge on any atom is -0.446 e. The molecule has 0 saturated heterocycles. The number of terminal acetylenes is 1. The zero-order valence-corrected chi connectivity index (χ0v) is 9.40. The van der Waals surface area contributed by atoms with Crippen molar-refractivity contribution in [3.8, 4) is 12.3 Å². The Balaban J connectivity index is 2.65. The molecule has 3 heteroatoms. The molecule has 3 atom stereocenters. The lowest BCUT2D eigenvalue weighted by Gasteiger charge is -2.35. The first-order chi connectivity index (χ1) is 7.04. The number of carbonyl (C=O) groups excluding carboxylic acids is 1. The van der Waals surface area contributed by atoms with Gasteiger partial charge in [-0.3, -0.25) is 0 Å². The molecule has 0 aromatic heterocycles. The minimum atomic E-state index is -0.691. The molecule has 2 N–H and O–H groups in total. The molecule has 1 amide bonds. The Labute approximate surface area is 91.4 Å². The maximum atomic E-state index is 10.8. The molecular weight excluding hydrogens is 190 g/mol. The van der Waals surface area contributed by atoms with Crippen molar-refractivity contribution >= 4 is 6.09 Å². The highest BCUT2D eigenvalue weighted by Gasteiger charge is 2.33. The lowest BCUT2D eigenvalue weighted by Crippen LogP contribution is -2.37. The maximum absolute atomic E-state index is 10.8. The molecule has 0 spiro atoms. The normalized spacial score (nSPS) is 30.9. The van der Waals surface area contributed by atoms with Crippen LogP contribution >= 0.6 is 0 Å². The Morgan fingerprint density at radius 2 is 2.20 bits per heavy atom. The van der Waals surface area contributed by atoms with Crippen molar-refractivity contribution in [3.63, 3.8) is 0 Å². The molecule has 84 valence electrons. The third kappa shape index (κ3) is 3.16. The van der Waals surface area contributed by atoms with Gasteiger partial charge in [-0.2, -0.15) is 0 Å². The standard InChI is InChI=1S/C12H19NO2/c1-4-9-5-6-10(8(2)3)11(7-9)15-12(13)14/h1,8-11H,5-7H2,2-3H3,(H2,13,14)/t9?,10?,11-/m1/s1. The highest BCUT2D eigenvalue weighted by molar-refractivity contribution is 5.64. The average molecular weight is 209 g/mol. The highest BCUT2D eigenvalue weighted by atomic mass is 16.6. The van der Waals surface area contributed by atoms with Gasteiger partial charge in [-0.05, 0) is 31.1 Å². The van der Waals surface area contributed by atoms with Gasteiger partial charge in [0.05, 0.1) is 0 Å². The molecule has 0 aromatic carbocycles. The minimum absolute atomic E-state index is 0.0997. The smallest absolute Gasteiger partial charge is 0.404 e. The molecule has 0 radical (unpaired) electrons. The molecule has 1 aliphatic rings. The topological polar surface area (TPSA) is 52.3 Å². The van der Waals surface area contributed by atoms with Crippen molar-refractivity contribution in [2.75, 3.05) is 0 Å². The Morgan fingerprint density at radius 3 is 2.67 bits per heavy atom. The quantitative estimate of drug-likeness (QED) is 0.708. The van der Waals surface area contributed by atoms with Crippen LogP contribution in [0.25, 0.3) is 0 Å². The molecular formula is C12H19NO2. The third-order valence-electron chi connectivity index (χ3n) is 3.20. The monoisotopic (exact) mass is 209 g/mol. The van der Waals surface area contributed by atoms with Crippen molar-refractivity contribution in [2.24, 2.45) is 23.5 Å². The molecule has 15 heavy (non-hydrogen) atoms. The van der Waals surface area contributed by atoms with Crippen molar-refractivity contribution < 1.29 is 9.53 Å². The second kappa shape index (κ2) is 5.06. The van der Waals surface area contributed by atoms with E-state index in [2.05, 4.69) is 19.8 Å². The molecule has 1 fully saturated rings. The van der Waals surface area contributed by atoms with E-state index < -0.39 is 6.09 Å². The Morgan fingerprint density at radius 1 is 1.53 bits per heavy atom. The number of amides is 1. The number of primary amides is 1. The maximum Gasteiger partial charge on any atom is 0.404 e. The third-order valence-corrected chi connectivity index (χ3v) is 3.20. The van der Waals surface area contributed by atoms with E-state index >= 15 is 0 Å². The van der Waals surface area contributed by atoms with E-state index in [-0.39, 0.29) is 12.0 Å². The zero-order valence-electron chi connectivity index (χ0n) is 9.40. The molecule has 1 aliphatic carbocycles. The van der Waals surface area contributed by atoms with Crippen molar-refractivity contribution in [2.45, 2.75) is 39.2 Å². The fourth-order valence-corrected chi connectivity index (χ4v) is 2.35. The summed E-state index contributed by atoms with van der Waals surface area (Å²) in [4.78, 5) is 10.8. The molecule has 1 rings (SSSR count). The first-order valence-electron chi connectivity index (χ1n) is 5.46. The van der Waals surface area contributed by atoms with E-state index in [9.17, 15) is 4.79 Å². The Bertz CT molecular complexity index is 267. The van der Waals surface area contributed by atoms with Crippen LogP contribution in [0.4, 0.5) is 4.79 Å². The van der Waals surface area contributed by atoms with Gasteiger partial charge in [0.15, 0.2) is 0 Å². The summed E-state index contributed by atoms with van der Waals surface area (Å²) in [6.07, 6.45) is 7.40. The molecule has 1 saturated carbocycles. The summed E-state index contributed by atoms with van der Waals surface area (Å²) in [6, 6.07) is 0. The van der Waals surface area contributed by atoms with E-state index in [1.165, 1.54) is 0 Å². The summed E-state index contributed by atoms with van der Waals surface area (Å²) in [5.74, 6) is 3.85. The summed E-state index contributed by atoms with van der Waals surface area (Å²) in [5.41, 5.74) is 5.06. The van der Waals surface area contributed by atoms with E-state index in [1.54, 1.807) is 0 Å². The van der Waals surface area contributed by atoms with Crippen LogP contribution in [0, 0.1) is 30.1 Å². The first kappa shape index (κ1) is 11.9. The van der Waals surface area contributed by atoms with E-state index in [4.69, 9.17) is 16.9 Å². The van der Waals surface area contributed by atoms with Crippen LogP contribution in [-0.2, 0) is 4.74 Å². The van der Waals surface area contributed by atoms with Gasteiger partial charge in [0.1, 0.15) is 6.10 Å². The lowest BCUT2D eigenvalue weighted by molar-refractivity contribution is 0.0158.